The van der Waals surface area contributed by atoms with E-state index in [0.717, 1.165) is 4.47 Å². The molecule has 0 N–H and O–H groups in total. The zero-order valence-electron chi connectivity index (χ0n) is 10.4. The van der Waals surface area contributed by atoms with Gasteiger partial charge in [0.1, 0.15) is 0 Å². The van der Waals surface area contributed by atoms with Crippen molar-refractivity contribution >= 4 is 15.9 Å². The molecule has 0 aliphatic heterocycles. The van der Waals surface area contributed by atoms with Crippen LogP contribution in [0.4, 0.5) is 0 Å². The smallest absolute Gasteiger partial charge is 0.0259 e. The highest BCUT2D eigenvalue weighted by Gasteiger charge is 2.04. The van der Waals surface area contributed by atoms with Gasteiger partial charge in [0.25, 0.3) is 0 Å². The van der Waals surface area contributed by atoms with Gasteiger partial charge in [0.05, 0.1) is 0 Å². The number of hydrogen-bond donors (Lipinski definition) is 0. The minimum Gasteiger partial charge on any atom is -0.0622 e. The third-order valence-corrected chi connectivity index (χ3v) is 3.82. The Bertz CT molecular complexity index is 673. The van der Waals surface area contributed by atoms with Crippen LogP contribution in [0.3, 0.4) is 0 Å². The first-order valence-corrected chi connectivity index (χ1v) is 7.04. The quantitative estimate of drug-likeness (QED) is 0.562. The first-order chi connectivity index (χ1) is 9.34. The van der Waals surface area contributed by atoms with E-state index in [2.05, 4.69) is 82.7 Å². The maximum Gasteiger partial charge on any atom is 0.0259 e. The van der Waals surface area contributed by atoms with E-state index in [1.165, 1.54) is 22.3 Å². The highest BCUT2D eigenvalue weighted by molar-refractivity contribution is 9.10. The summed E-state index contributed by atoms with van der Waals surface area (Å²) in [7, 11) is 0. The highest BCUT2D eigenvalue weighted by Crippen LogP contribution is 2.32. The van der Waals surface area contributed by atoms with Crippen LogP contribution in [0.5, 0.6) is 0 Å². The fourth-order valence-corrected chi connectivity index (χ4v) is 2.78. The average molecular weight is 309 g/mol. The molecule has 0 aromatic heterocycles. The topological polar surface area (TPSA) is 0 Å². The van der Waals surface area contributed by atoms with Crippen molar-refractivity contribution in [1.82, 2.24) is 0 Å². The van der Waals surface area contributed by atoms with Crippen LogP contribution < -0.4 is 0 Å². The Morgan fingerprint density at radius 2 is 1.11 bits per heavy atom. The molecule has 0 aliphatic carbocycles. The van der Waals surface area contributed by atoms with Crippen molar-refractivity contribution in [3.8, 4) is 22.3 Å². The molecule has 0 heterocycles. The number of halogens is 1. The first kappa shape index (κ1) is 12.2. The third-order valence-electron chi connectivity index (χ3n) is 3.16. The van der Waals surface area contributed by atoms with Gasteiger partial charge in [-0.15, -0.1) is 0 Å². The molecule has 0 nitrogen and oxygen atoms in total. The molecule has 0 bridgehead atoms. The molecule has 19 heavy (non-hydrogen) atoms. The molecule has 0 fully saturated rings. The minimum atomic E-state index is 1.13. The summed E-state index contributed by atoms with van der Waals surface area (Å²) in [6.07, 6.45) is 0. The number of benzene rings is 3. The van der Waals surface area contributed by atoms with E-state index in [-0.39, 0.29) is 0 Å². The van der Waals surface area contributed by atoms with E-state index >= 15 is 0 Å². The summed E-state index contributed by atoms with van der Waals surface area (Å²) in [5, 5.41) is 0. The van der Waals surface area contributed by atoms with Gasteiger partial charge in [-0.3, -0.25) is 0 Å². The lowest BCUT2D eigenvalue weighted by atomic mass is 10.0. The zero-order valence-corrected chi connectivity index (χ0v) is 12.0. The zero-order chi connectivity index (χ0) is 13.1. The Labute approximate surface area is 121 Å². The molecule has 3 rings (SSSR count). The predicted octanol–water partition coefficient (Wildman–Crippen LogP) is 5.78. The summed E-state index contributed by atoms with van der Waals surface area (Å²) in [6, 6.07) is 27.4. The maximum absolute atomic E-state index is 3.68. The van der Waals surface area contributed by atoms with Gasteiger partial charge < -0.3 is 0 Å². The largest absolute Gasteiger partial charge is 0.0622 e. The summed E-state index contributed by atoms with van der Waals surface area (Å²) < 4.78 is 1.13. The van der Waals surface area contributed by atoms with E-state index in [1.807, 2.05) is 12.1 Å². The highest BCUT2D eigenvalue weighted by atomic mass is 79.9. The van der Waals surface area contributed by atoms with Gasteiger partial charge in [0.2, 0.25) is 0 Å². The van der Waals surface area contributed by atoms with E-state index in [0.29, 0.717) is 0 Å². The van der Waals surface area contributed by atoms with Crippen LogP contribution in [-0.4, -0.2) is 0 Å². The lowest BCUT2D eigenvalue weighted by molar-refractivity contribution is 1.56. The number of hydrogen-bond acceptors (Lipinski definition) is 0. The standard InChI is InChI=1S/C18H13Br/c19-18-13-16(14-7-3-1-4-8-14)11-12-17(18)15-9-5-2-6-10-15/h1-13H. The summed E-state index contributed by atoms with van der Waals surface area (Å²) in [6.45, 7) is 0. The fraction of sp³-hybridized carbons (Fsp3) is 0. The Morgan fingerprint density at radius 3 is 1.68 bits per heavy atom. The van der Waals surface area contributed by atoms with Crippen molar-refractivity contribution in [3.05, 3.63) is 83.3 Å². The van der Waals surface area contributed by atoms with Crippen LogP contribution in [0.15, 0.2) is 83.3 Å². The Balaban J connectivity index is 2.04. The molecule has 0 saturated carbocycles. The molecular weight excluding hydrogens is 296 g/mol. The molecule has 3 aromatic rings. The van der Waals surface area contributed by atoms with Crippen LogP contribution in [0.1, 0.15) is 0 Å². The Kier molecular flexibility index (Phi) is 3.47. The van der Waals surface area contributed by atoms with Gasteiger partial charge in [-0.25, -0.2) is 0 Å². The lowest BCUT2D eigenvalue weighted by Crippen LogP contribution is -1.82. The summed E-state index contributed by atoms with van der Waals surface area (Å²) in [5.41, 5.74) is 4.92. The molecule has 0 unspecified atom stereocenters. The average Bonchev–Trinajstić information content (AvgIpc) is 2.49. The third kappa shape index (κ3) is 2.61. The molecule has 0 radical (unpaired) electrons. The maximum atomic E-state index is 3.68. The van der Waals surface area contributed by atoms with Crippen molar-refractivity contribution in [1.29, 1.82) is 0 Å². The summed E-state index contributed by atoms with van der Waals surface area (Å²) in [4.78, 5) is 0. The molecular formula is C18H13Br. The van der Waals surface area contributed by atoms with Crippen molar-refractivity contribution < 1.29 is 0 Å². The molecule has 0 aliphatic rings. The van der Waals surface area contributed by atoms with Gasteiger partial charge in [-0.2, -0.15) is 0 Å². The molecule has 0 amide bonds. The Morgan fingerprint density at radius 1 is 0.526 bits per heavy atom. The van der Waals surface area contributed by atoms with Crippen LogP contribution >= 0.6 is 15.9 Å². The monoisotopic (exact) mass is 308 g/mol. The number of rotatable bonds is 2. The van der Waals surface area contributed by atoms with E-state index in [1.54, 1.807) is 0 Å². The molecule has 3 aromatic carbocycles. The van der Waals surface area contributed by atoms with E-state index in [4.69, 9.17) is 0 Å². The predicted molar refractivity (Wildman–Crippen MR) is 85.0 cm³/mol. The summed E-state index contributed by atoms with van der Waals surface area (Å²) in [5.74, 6) is 0. The summed E-state index contributed by atoms with van der Waals surface area (Å²) >= 11 is 3.68. The second-order valence-corrected chi connectivity index (χ2v) is 5.28. The van der Waals surface area contributed by atoms with Gasteiger partial charge in [-0.05, 0) is 28.3 Å². The van der Waals surface area contributed by atoms with Crippen LogP contribution in [0.25, 0.3) is 22.3 Å². The molecule has 0 spiro atoms. The first-order valence-electron chi connectivity index (χ1n) is 6.25. The van der Waals surface area contributed by atoms with Crippen molar-refractivity contribution in [3.63, 3.8) is 0 Å². The minimum absolute atomic E-state index is 1.13. The second-order valence-electron chi connectivity index (χ2n) is 4.43. The second kappa shape index (κ2) is 5.41. The lowest BCUT2D eigenvalue weighted by Gasteiger charge is -2.08. The van der Waals surface area contributed by atoms with Crippen LogP contribution in [-0.2, 0) is 0 Å². The van der Waals surface area contributed by atoms with Gasteiger partial charge >= 0.3 is 0 Å². The van der Waals surface area contributed by atoms with Gasteiger partial charge in [-0.1, -0.05) is 88.7 Å². The van der Waals surface area contributed by atoms with Crippen LogP contribution in [0, 0.1) is 0 Å². The van der Waals surface area contributed by atoms with E-state index in [9.17, 15) is 0 Å². The SMILES string of the molecule is Brc1cc(-c2ccccc2)ccc1-c1ccccc1. The molecule has 0 saturated heterocycles. The van der Waals surface area contributed by atoms with Gasteiger partial charge in [0.15, 0.2) is 0 Å². The van der Waals surface area contributed by atoms with Gasteiger partial charge in [0, 0.05) is 4.47 Å². The van der Waals surface area contributed by atoms with Crippen molar-refractivity contribution in [2.75, 3.05) is 0 Å². The normalized spacial score (nSPS) is 10.4. The van der Waals surface area contributed by atoms with Crippen molar-refractivity contribution in [2.45, 2.75) is 0 Å². The van der Waals surface area contributed by atoms with Crippen molar-refractivity contribution in [2.24, 2.45) is 0 Å². The van der Waals surface area contributed by atoms with Crippen LogP contribution in [0.2, 0.25) is 0 Å². The molecule has 1 heteroatoms. The van der Waals surface area contributed by atoms with E-state index < -0.39 is 0 Å². The molecule has 92 valence electrons. The molecule has 0 atom stereocenters. The fourth-order valence-electron chi connectivity index (χ4n) is 2.18. The Hall–Kier alpha value is -1.86.